The van der Waals surface area contributed by atoms with Crippen LogP contribution in [0.25, 0.3) is 20.8 Å². The van der Waals surface area contributed by atoms with E-state index >= 15 is 0 Å². The summed E-state index contributed by atoms with van der Waals surface area (Å²) in [6, 6.07) is 8.55. The lowest BCUT2D eigenvalue weighted by Crippen LogP contribution is -1.67. The summed E-state index contributed by atoms with van der Waals surface area (Å²) in [5.74, 6) is 0. The van der Waals surface area contributed by atoms with E-state index in [9.17, 15) is 0 Å². The molecular weight excluding hydrogens is 198 g/mol. The molecule has 3 heterocycles. The van der Waals surface area contributed by atoms with Crippen molar-refractivity contribution in [2.75, 3.05) is 0 Å². The number of fused-ring (bicyclic) bond motifs is 1. The molecule has 64 valence electrons. The molecule has 0 unspecified atom stereocenters. The molecule has 0 atom stereocenters. The molecule has 0 aliphatic carbocycles. The fourth-order valence-corrected chi connectivity index (χ4v) is 2.89. The monoisotopic (exact) mass is 205 g/mol. The first-order valence-corrected chi connectivity index (χ1v) is 5.79. The summed E-state index contributed by atoms with van der Waals surface area (Å²) < 4.78 is 1.34. The van der Waals surface area contributed by atoms with Crippen molar-refractivity contribution in [1.82, 2.24) is 4.98 Å². The summed E-state index contributed by atoms with van der Waals surface area (Å²) in [5.41, 5.74) is 2.48. The predicted molar refractivity (Wildman–Crippen MR) is 59.5 cm³/mol. The average Bonchev–Trinajstić information content (AvgIpc) is 2.78. The third kappa shape index (κ3) is 1.12. The van der Waals surface area contributed by atoms with E-state index in [1.54, 1.807) is 22.7 Å². The minimum atomic E-state index is 1.23. The number of hydrogen-bond donors (Lipinski definition) is 1. The molecule has 3 aromatic heterocycles. The van der Waals surface area contributed by atoms with Crippen molar-refractivity contribution in [3.8, 4) is 10.6 Å². The average molecular weight is 205 g/mol. The van der Waals surface area contributed by atoms with Gasteiger partial charge in [-0.3, -0.25) is 0 Å². The van der Waals surface area contributed by atoms with Crippen molar-refractivity contribution in [2.45, 2.75) is 0 Å². The Morgan fingerprint density at radius 1 is 1.08 bits per heavy atom. The minimum Gasteiger partial charge on any atom is -0.353 e. The van der Waals surface area contributed by atoms with E-state index in [1.807, 2.05) is 0 Å². The molecule has 3 rings (SSSR count). The first kappa shape index (κ1) is 7.35. The highest BCUT2D eigenvalue weighted by atomic mass is 32.1. The lowest BCUT2D eigenvalue weighted by molar-refractivity contribution is 1.49. The molecule has 0 saturated carbocycles. The molecule has 1 N–H and O–H groups in total. The molecule has 0 fully saturated rings. The second-order valence-electron chi connectivity index (χ2n) is 2.86. The molecule has 0 amide bonds. The number of nitrogens with one attached hydrogen (secondary N) is 1. The van der Waals surface area contributed by atoms with Gasteiger partial charge in [0, 0.05) is 0 Å². The SMILES string of the molecule is c1csc(-c2cc3sccc3[nH]2)c1. The van der Waals surface area contributed by atoms with Crippen LogP contribution in [0.3, 0.4) is 0 Å². The fraction of sp³-hybridized carbons (Fsp3) is 0. The van der Waals surface area contributed by atoms with Gasteiger partial charge in [-0.2, -0.15) is 0 Å². The third-order valence-corrected chi connectivity index (χ3v) is 3.79. The highest BCUT2D eigenvalue weighted by Gasteiger charge is 2.03. The summed E-state index contributed by atoms with van der Waals surface area (Å²) in [6.07, 6.45) is 0. The number of aromatic nitrogens is 1. The Morgan fingerprint density at radius 2 is 2.08 bits per heavy atom. The van der Waals surface area contributed by atoms with E-state index in [-0.39, 0.29) is 0 Å². The van der Waals surface area contributed by atoms with E-state index in [0.29, 0.717) is 0 Å². The molecule has 0 spiro atoms. The largest absolute Gasteiger partial charge is 0.353 e. The summed E-state index contributed by atoms with van der Waals surface area (Å²) in [5, 5.41) is 4.21. The highest BCUT2D eigenvalue weighted by molar-refractivity contribution is 7.17. The first-order chi connectivity index (χ1) is 6.43. The molecule has 0 aliphatic rings. The zero-order chi connectivity index (χ0) is 8.67. The highest BCUT2D eigenvalue weighted by Crippen LogP contribution is 2.29. The molecule has 0 radical (unpaired) electrons. The van der Waals surface area contributed by atoms with Gasteiger partial charge in [0.05, 0.1) is 20.8 Å². The second kappa shape index (κ2) is 2.72. The summed E-state index contributed by atoms with van der Waals surface area (Å²) in [6.45, 7) is 0. The van der Waals surface area contributed by atoms with Gasteiger partial charge in [-0.15, -0.1) is 22.7 Å². The van der Waals surface area contributed by atoms with Crippen LogP contribution in [-0.2, 0) is 0 Å². The smallest absolute Gasteiger partial charge is 0.0574 e. The Hall–Kier alpha value is -1.06. The van der Waals surface area contributed by atoms with E-state index in [0.717, 1.165) is 0 Å². The quantitative estimate of drug-likeness (QED) is 0.619. The van der Waals surface area contributed by atoms with Crippen LogP contribution < -0.4 is 0 Å². The molecule has 3 aromatic rings. The summed E-state index contributed by atoms with van der Waals surface area (Å²) in [7, 11) is 0. The molecule has 3 heteroatoms. The van der Waals surface area contributed by atoms with E-state index in [4.69, 9.17) is 0 Å². The zero-order valence-electron chi connectivity index (χ0n) is 6.78. The van der Waals surface area contributed by atoms with Gasteiger partial charge in [-0.05, 0) is 29.0 Å². The molecule has 0 aromatic carbocycles. The Bertz CT molecular complexity index is 487. The van der Waals surface area contributed by atoms with Crippen molar-refractivity contribution in [3.05, 3.63) is 35.0 Å². The Morgan fingerprint density at radius 3 is 2.85 bits per heavy atom. The standard InChI is InChI=1S/C10H7NS2/c1-2-9(12-4-1)8-6-10-7(11-8)3-5-13-10/h1-6,11H. The Balaban J connectivity index is 2.23. The number of H-pyrrole nitrogens is 1. The Labute approximate surface area is 83.7 Å². The molecule has 0 bridgehead atoms. The van der Waals surface area contributed by atoms with Crippen molar-refractivity contribution in [1.29, 1.82) is 0 Å². The van der Waals surface area contributed by atoms with Gasteiger partial charge in [-0.25, -0.2) is 0 Å². The molecule has 0 saturated heterocycles. The molecule has 0 aliphatic heterocycles. The minimum absolute atomic E-state index is 1.23. The van der Waals surface area contributed by atoms with Crippen molar-refractivity contribution in [3.63, 3.8) is 0 Å². The third-order valence-electron chi connectivity index (χ3n) is 2.03. The van der Waals surface area contributed by atoms with Crippen molar-refractivity contribution in [2.24, 2.45) is 0 Å². The van der Waals surface area contributed by atoms with Gasteiger partial charge in [0.15, 0.2) is 0 Å². The van der Waals surface area contributed by atoms with Crippen LogP contribution in [0.2, 0.25) is 0 Å². The Kier molecular flexibility index (Phi) is 1.54. The lowest BCUT2D eigenvalue weighted by Gasteiger charge is -1.88. The fourth-order valence-electron chi connectivity index (χ4n) is 1.41. The van der Waals surface area contributed by atoms with Gasteiger partial charge in [0.25, 0.3) is 0 Å². The van der Waals surface area contributed by atoms with Crippen LogP contribution in [-0.4, -0.2) is 4.98 Å². The van der Waals surface area contributed by atoms with Gasteiger partial charge in [0.2, 0.25) is 0 Å². The topological polar surface area (TPSA) is 15.8 Å². The summed E-state index contributed by atoms with van der Waals surface area (Å²) >= 11 is 3.55. The van der Waals surface area contributed by atoms with Crippen LogP contribution in [0.4, 0.5) is 0 Å². The normalized spacial score (nSPS) is 11.1. The lowest BCUT2D eigenvalue weighted by atomic mass is 10.3. The van der Waals surface area contributed by atoms with Gasteiger partial charge in [0.1, 0.15) is 0 Å². The molecule has 1 nitrogen and oxygen atoms in total. The second-order valence-corrected chi connectivity index (χ2v) is 4.75. The van der Waals surface area contributed by atoms with Crippen LogP contribution in [0.1, 0.15) is 0 Å². The predicted octanol–water partition coefficient (Wildman–Crippen LogP) is 3.96. The van der Waals surface area contributed by atoms with Crippen molar-refractivity contribution < 1.29 is 0 Å². The van der Waals surface area contributed by atoms with Gasteiger partial charge < -0.3 is 4.98 Å². The van der Waals surface area contributed by atoms with Crippen LogP contribution in [0.15, 0.2) is 35.0 Å². The molecular formula is C10H7NS2. The number of thiophene rings is 2. The van der Waals surface area contributed by atoms with Crippen molar-refractivity contribution >= 4 is 32.9 Å². The van der Waals surface area contributed by atoms with E-state index in [2.05, 4.69) is 40.0 Å². The number of hydrogen-bond acceptors (Lipinski definition) is 2. The molecule has 13 heavy (non-hydrogen) atoms. The maximum absolute atomic E-state index is 3.40. The van der Waals surface area contributed by atoms with E-state index in [1.165, 1.54) is 20.8 Å². The van der Waals surface area contributed by atoms with Gasteiger partial charge in [-0.1, -0.05) is 6.07 Å². The maximum Gasteiger partial charge on any atom is 0.0574 e. The maximum atomic E-state index is 3.40. The van der Waals surface area contributed by atoms with Crippen LogP contribution in [0, 0.1) is 0 Å². The number of aromatic amines is 1. The summed E-state index contributed by atoms with van der Waals surface area (Å²) in [4.78, 5) is 4.71. The van der Waals surface area contributed by atoms with Gasteiger partial charge >= 0.3 is 0 Å². The zero-order valence-corrected chi connectivity index (χ0v) is 8.41. The van der Waals surface area contributed by atoms with E-state index < -0.39 is 0 Å². The van der Waals surface area contributed by atoms with Crippen LogP contribution >= 0.6 is 22.7 Å². The number of rotatable bonds is 1. The first-order valence-electron chi connectivity index (χ1n) is 4.03. The van der Waals surface area contributed by atoms with Crippen LogP contribution in [0.5, 0.6) is 0 Å².